The second-order valence-electron chi connectivity index (χ2n) is 6.55. The number of hydrogen-bond donors (Lipinski definition) is 2. The van der Waals surface area contributed by atoms with Crippen molar-refractivity contribution in [2.45, 2.75) is 38.1 Å². The Bertz CT molecular complexity index is 730. The van der Waals surface area contributed by atoms with Crippen molar-refractivity contribution < 1.29 is 14.3 Å². The number of ether oxygens (including phenoxy) is 2. The summed E-state index contributed by atoms with van der Waals surface area (Å²) in [6.45, 7) is 1.03. The number of carbonyl (C=O) groups is 1. The highest BCUT2D eigenvalue weighted by Crippen LogP contribution is 2.18. The molecule has 1 aliphatic rings. The molecular formula is C20H26N4O3. The zero-order valence-electron chi connectivity index (χ0n) is 15.6. The van der Waals surface area contributed by atoms with Crippen molar-refractivity contribution in [3.8, 4) is 11.5 Å². The lowest BCUT2D eigenvalue weighted by atomic mass is 9.95. The molecule has 1 heterocycles. The molecule has 0 bridgehead atoms. The fourth-order valence-corrected chi connectivity index (χ4v) is 3.10. The molecule has 1 aromatic carbocycles. The smallest absolute Gasteiger partial charge is 0.270 e. The first-order valence-corrected chi connectivity index (χ1v) is 9.38. The van der Waals surface area contributed by atoms with Gasteiger partial charge in [-0.2, -0.15) is 0 Å². The monoisotopic (exact) mass is 370 g/mol. The van der Waals surface area contributed by atoms with E-state index >= 15 is 0 Å². The summed E-state index contributed by atoms with van der Waals surface area (Å²) < 4.78 is 10.8. The third-order valence-corrected chi connectivity index (χ3v) is 4.58. The van der Waals surface area contributed by atoms with E-state index in [1.807, 2.05) is 24.3 Å². The van der Waals surface area contributed by atoms with E-state index in [2.05, 4.69) is 20.6 Å². The van der Waals surface area contributed by atoms with Crippen molar-refractivity contribution in [1.29, 1.82) is 0 Å². The van der Waals surface area contributed by atoms with Gasteiger partial charge in [-0.1, -0.05) is 19.3 Å². The summed E-state index contributed by atoms with van der Waals surface area (Å²) in [6.07, 6.45) is 7.11. The lowest BCUT2D eigenvalue weighted by Gasteiger charge is -2.22. The van der Waals surface area contributed by atoms with Crippen LogP contribution in [-0.2, 0) is 0 Å². The molecule has 1 fully saturated rings. The second-order valence-corrected chi connectivity index (χ2v) is 6.55. The molecule has 0 atom stereocenters. The standard InChI is InChI=1S/C20H26N4O3/c1-26-16-7-9-17(10-8-16)27-12-11-21-19-13-18(22-14-23-19)20(25)24-15-5-3-2-4-6-15/h7-10,13-15H,2-6,11-12H2,1H3,(H,24,25)(H,21,22,23). The molecule has 1 aliphatic carbocycles. The Morgan fingerprint density at radius 1 is 1.11 bits per heavy atom. The Labute approximate surface area is 159 Å². The van der Waals surface area contributed by atoms with Crippen molar-refractivity contribution >= 4 is 11.7 Å². The van der Waals surface area contributed by atoms with Gasteiger partial charge in [-0.3, -0.25) is 4.79 Å². The second kappa shape index (κ2) is 9.75. The number of amides is 1. The maximum Gasteiger partial charge on any atom is 0.270 e. The molecule has 1 aromatic heterocycles. The van der Waals surface area contributed by atoms with E-state index in [-0.39, 0.29) is 11.9 Å². The molecular weight excluding hydrogens is 344 g/mol. The van der Waals surface area contributed by atoms with Crippen LogP contribution >= 0.6 is 0 Å². The summed E-state index contributed by atoms with van der Waals surface area (Å²) in [5, 5.41) is 6.22. The van der Waals surface area contributed by atoms with Crippen LogP contribution in [0.4, 0.5) is 5.82 Å². The summed E-state index contributed by atoms with van der Waals surface area (Å²) in [4.78, 5) is 20.6. The molecule has 144 valence electrons. The number of aromatic nitrogens is 2. The molecule has 3 rings (SSSR count). The number of benzene rings is 1. The van der Waals surface area contributed by atoms with E-state index in [0.717, 1.165) is 24.3 Å². The summed E-state index contributed by atoms with van der Waals surface area (Å²) in [5.74, 6) is 2.03. The number of carbonyl (C=O) groups excluding carboxylic acids is 1. The van der Waals surface area contributed by atoms with Crippen LogP contribution in [0.15, 0.2) is 36.7 Å². The van der Waals surface area contributed by atoms with Crippen molar-refractivity contribution in [2.24, 2.45) is 0 Å². The average molecular weight is 370 g/mol. The van der Waals surface area contributed by atoms with Gasteiger partial charge in [-0.25, -0.2) is 9.97 Å². The largest absolute Gasteiger partial charge is 0.497 e. The van der Waals surface area contributed by atoms with Gasteiger partial charge in [0.15, 0.2) is 0 Å². The fourth-order valence-electron chi connectivity index (χ4n) is 3.10. The summed E-state index contributed by atoms with van der Waals surface area (Å²) in [5.41, 5.74) is 0.383. The van der Waals surface area contributed by atoms with Gasteiger partial charge in [0, 0.05) is 12.1 Å². The lowest BCUT2D eigenvalue weighted by molar-refractivity contribution is 0.0922. The van der Waals surface area contributed by atoms with E-state index in [4.69, 9.17) is 9.47 Å². The van der Waals surface area contributed by atoms with E-state index in [0.29, 0.717) is 24.7 Å². The van der Waals surface area contributed by atoms with Crippen molar-refractivity contribution in [1.82, 2.24) is 15.3 Å². The molecule has 1 saturated carbocycles. The van der Waals surface area contributed by atoms with Gasteiger partial charge in [0.2, 0.25) is 0 Å². The van der Waals surface area contributed by atoms with Crippen LogP contribution < -0.4 is 20.1 Å². The maximum atomic E-state index is 12.4. The Morgan fingerprint density at radius 3 is 2.59 bits per heavy atom. The first kappa shape index (κ1) is 18.9. The lowest BCUT2D eigenvalue weighted by Crippen LogP contribution is -2.36. The van der Waals surface area contributed by atoms with Gasteiger partial charge in [-0.15, -0.1) is 0 Å². The third-order valence-electron chi connectivity index (χ3n) is 4.58. The van der Waals surface area contributed by atoms with Crippen LogP contribution in [-0.4, -0.2) is 42.2 Å². The molecule has 1 amide bonds. The van der Waals surface area contributed by atoms with E-state index < -0.39 is 0 Å². The number of nitrogens with one attached hydrogen (secondary N) is 2. The molecule has 7 nitrogen and oxygen atoms in total. The van der Waals surface area contributed by atoms with Crippen LogP contribution in [0.5, 0.6) is 11.5 Å². The Balaban J connectivity index is 1.44. The van der Waals surface area contributed by atoms with Crippen LogP contribution in [0.1, 0.15) is 42.6 Å². The quantitative estimate of drug-likeness (QED) is 0.695. The molecule has 0 unspecified atom stereocenters. The molecule has 0 radical (unpaired) electrons. The van der Waals surface area contributed by atoms with E-state index in [1.165, 1.54) is 25.6 Å². The van der Waals surface area contributed by atoms with Crippen molar-refractivity contribution in [3.63, 3.8) is 0 Å². The van der Waals surface area contributed by atoms with Crippen molar-refractivity contribution in [3.05, 3.63) is 42.4 Å². The van der Waals surface area contributed by atoms with Gasteiger partial charge < -0.3 is 20.1 Å². The van der Waals surface area contributed by atoms with E-state index in [9.17, 15) is 4.79 Å². The van der Waals surface area contributed by atoms with Crippen LogP contribution in [0.25, 0.3) is 0 Å². The predicted octanol–water partition coefficient (Wildman–Crippen LogP) is 3.04. The third kappa shape index (κ3) is 5.84. The highest BCUT2D eigenvalue weighted by molar-refractivity contribution is 5.93. The fraction of sp³-hybridized carbons (Fsp3) is 0.450. The van der Waals surface area contributed by atoms with E-state index in [1.54, 1.807) is 13.2 Å². The first-order valence-electron chi connectivity index (χ1n) is 9.38. The van der Waals surface area contributed by atoms with Gasteiger partial charge in [-0.05, 0) is 37.1 Å². The number of rotatable bonds is 8. The van der Waals surface area contributed by atoms with Gasteiger partial charge >= 0.3 is 0 Å². The SMILES string of the molecule is COc1ccc(OCCNc2cc(C(=O)NC3CCCCC3)ncn2)cc1. The van der Waals surface area contributed by atoms with Crippen LogP contribution in [0, 0.1) is 0 Å². The summed E-state index contributed by atoms with van der Waals surface area (Å²) >= 11 is 0. The van der Waals surface area contributed by atoms with Crippen LogP contribution in [0.2, 0.25) is 0 Å². The van der Waals surface area contributed by atoms with Gasteiger partial charge in [0.05, 0.1) is 13.7 Å². The summed E-state index contributed by atoms with van der Waals surface area (Å²) in [7, 11) is 1.63. The Kier molecular flexibility index (Phi) is 6.84. The highest BCUT2D eigenvalue weighted by atomic mass is 16.5. The molecule has 27 heavy (non-hydrogen) atoms. The first-order chi connectivity index (χ1) is 13.2. The van der Waals surface area contributed by atoms with Crippen LogP contribution in [0.3, 0.4) is 0 Å². The van der Waals surface area contributed by atoms with Crippen molar-refractivity contribution in [2.75, 3.05) is 25.6 Å². The average Bonchev–Trinajstić information content (AvgIpc) is 2.72. The molecule has 2 N–H and O–H groups in total. The molecule has 2 aromatic rings. The minimum atomic E-state index is -0.137. The zero-order chi connectivity index (χ0) is 18.9. The minimum Gasteiger partial charge on any atom is -0.497 e. The molecule has 0 aliphatic heterocycles. The molecule has 0 saturated heterocycles. The summed E-state index contributed by atoms with van der Waals surface area (Å²) in [6, 6.07) is 9.35. The Morgan fingerprint density at radius 2 is 1.85 bits per heavy atom. The van der Waals surface area contributed by atoms with Gasteiger partial charge in [0.1, 0.15) is 35.9 Å². The van der Waals surface area contributed by atoms with Gasteiger partial charge in [0.25, 0.3) is 5.91 Å². The number of hydrogen-bond acceptors (Lipinski definition) is 6. The zero-order valence-corrected chi connectivity index (χ0v) is 15.6. The minimum absolute atomic E-state index is 0.137. The Hall–Kier alpha value is -2.83. The highest BCUT2D eigenvalue weighted by Gasteiger charge is 2.17. The number of anilines is 1. The number of nitrogens with zero attached hydrogens (tertiary/aromatic N) is 2. The predicted molar refractivity (Wildman–Crippen MR) is 103 cm³/mol. The molecule has 7 heteroatoms. The molecule has 0 spiro atoms. The topological polar surface area (TPSA) is 85.4 Å². The maximum absolute atomic E-state index is 12.4. The normalized spacial score (nSPS) is 14.4. The number of methoxy groups -OCH3 is 1.